The van der Waals surface area contributed by atoms with E-state index in [2.05, 4.69) is 5.32 Å². The Balaban J connectivity index is 1.47. The van der Waals surface area contributed by atoms with Gasteiger partial charge in [-0.25, -0.2) is 4.79 Å². The zero-order chi connectivity index (χ0) is 14.3. The minimum Gasteiger partial charge on any atom is -0.444 e. The van der Waals surface area contributed by atoms with E-state index in [0.717, 1.165) is 37.4 Å². The molecule has 1 saturated heterocycles. The summed E-state index contributed by atoms with van der Waals surface area (Å²) in [7, 11) is 0. The van der Waals surface area contributed by atoms with Crippen molar-refractivity contribution in [2.24, 2.45) is 11.8 Å². The minimum absolute atomic E-state index is 0.156. The molecule has 1 amide bonds. The van der Waals surface area contributed by atoms with E-state index in [9.17, 15) is 4.79 Å². The average Bonchev–Trinajstić information content (AvgIpc) is 3.24. The van der Waals surface area contributed by atoms with E-state index >= 15 is 0 Å². The third-order valence-electron chi connectivity index (χ3n) is 4.53. The highest BCUT2D eigenvalue weighted by Crippen LogP contribution is 2.44. The highest BCUT2D eigenvalue weighted by atomic mass is 16.6. The number of nitrogens with zero attached hydrogens (tertiary/aromatic N) is 1. The Morgan fingerprint density at radius 3 is 2.25 bits per heavy atom. The Labute approximate surface area is 122 Å². The molecule has 3 rings (SSSR count). The molecule has 1 heterocycles. The molecule has 114 valence electrons. The van der Waals surface area contributed by atoms with Crippen LogP contribution in [0.15, 0.2) is 0 Å². The van der Waals surface area contributed by atoms with Crippen LogP contribution in [-0.4, -0.2) is 41.8 Å². The van der Waals surface area contributed by atoms with Crippen LogP contribution in [0.5, 0.6) is 0 Å². The molecule has 0 aromatic carbocycles. The number of hydrogen-bond donors (Lipinski definition) is 1. The van der Waals surface area contributed by atoms with Crippen LogP contribution in [0.3, 0.4) is 0 Å². The Morgan fingerprint density at radius 2 is 1.75 bits per heavy atom. The summed E-state index contributed by atoms with van der Waals surface area (Å²) < 4.78 is 5.45. The van der Waals surface area contributed by atoms with Crippen molar-refractivity contribution in [3.05, 3.63) is 0 Å². The van der Waals surface area contributed by atoms with Crippen molar-refractivity contribution in [1.82, 2.24) is 10.2 Å². The molecule has 0 aromatic heterocycles. The number of ether oxygens (including phenoxy) is 1. The number of nitrogens with one attached hydrogen (secondary N) is 1. The SMILES string of the molecule is CC(C)(C)OC(=O)N1CC[C@H](NC(C2CC2)C2CC2)C1. The summed E-state index contributed by atoms with van der Waals surface area (Å²) in [4.78, 5) is 13.9. The van der Waals surface area contributed by atoms with Gasteiger partial charge >= 0.3 is 6.09 Å². The largest absolute Gasteiger partial charge is 0.444 e. The summed E-state index contributed by atoms with van der Waals surface area (Å²) in [5.41, 5.74) is -0.396. The fourth-order valence-electron chi connectivity index (χ4n) is 3.23. The molecule has 0 unspecified atom stereocenters. The lowest BCUT2D eigenvalue weighted by molar-refractivity contribution is 0.0290. The van der Waals surface area contributed by atoms with Gasteiger partial charge in [-0.1, -0.05) is 0 Å². The van der Waals surface area contributed by atoms with E-state index in [1.807, 2.05) is 25.7 Å². The van der Waals surface area contributed by atoms with Gasteiger partial charge in [0, 0.05) is 25.2 Å². The van der Waals surface area contributed by atoms with Gasteiger partial charge in [0.1, 0.15) is 5.60 Å². The van der Waals surface area contributed by atoms with Crippen molar-refractivity contribution in [2.75, 3.05) is 13.1 Å². The van der Waals surface area contributed by atoms with E-state index in [1.165, 1.54) is 25.7 Å². The Hall–Kier alpha value is -0.770. The second-order valence-electron chi connectivity index (χ2n) is 7.78. The predicted molar refractivity (Wildman–Crippen MR) is 78.6 cm³/mol. The van der Waals surface area contributed by atoms with Gasteiger partial charge in [-0.3, -0.25) is 0 Å². The normalized spacial score (nSPS) is 27.2. The second-order valence-corrected chi connectivity index (χ2v) is 7.78. The van der Waals surface area contributed by atoms with Crippen LogP contribution in [0.1, 0.15) is 52.9 Å². The van der Waals surface area contributed by atoms with Crippen molar-refractivity contribution >= 4 is 6.09 Å². The van der Waals surface area contributed by atoms with Crippen molar-refractivity contribution in [2.45, 2.75) is 70.6 Å². The topological polar surface area (TPSA) is 41.6 Å². The fourth-order valence-corrected chi connectivity index (χ4v) is 3.23. The lowest BCUT2D eigenvalue weighted by Gasteiger charge is -2.25. The number of carbonyl (C=O) groups is 1. The third kappa shape index (κ3) is 3.66. The van der Waals surface area contributed by atoms with Gasteiger partial charge in [-0.2, -0.15) is 0 Å². The van der Waals surface area contributed by atoms with E-state index in [1.54, 1.807) is 0 Å². The molecule has 4 heteroatoms. The molecule has 1 atom stereocenters. The van der Waals surface area contributed by atoms with Crippen LogP contribution in [-0.2, 0) is 4.74 Å². The Bertz CT molecular complexity index is 357. The maximum Gasteiger partial charge on any atom is 0.410 e. The first kappa shape index (κ1) is 14.2. The highest BCUT2D eigenvalue weighted by Gasteiger charge is 2.43. The Kier molecular flexibility index (Phi) is 3.69. The van der Waals surface area contributed by atoms with Gasteiger partial charge in [0.05, 0.1) is 0 Å². The van der Waals surface area contributed by atoms with Crippen LogP contribution < -0.4 is 5.32 Å². The van der Waals surface area contributed by atoms with Gasteiger partial charge < -0.3 is 15.0 Å². The fraction of sp³-hybridized carbons (Fsp3) is 0.938. The number of hydrogen-bond acceptors (Lipinski definition) is 3. The molecular weight excluding hydrogens is 252 g/mol. The Morgan fingerprint density at radius 1 is 1.15 bits per heavy atom. The minimum atomic E-state index is -0.396. The quantitative estimate of drug-likeness (QED) is 0.861. The molecule has 2 aliphatic carbocycles. The van der Waals surface area contributed by atoms with Crippen LogP contribution in [0, 0.1) is 11.8 Å². The maximum absolute atomic E-state index is 12.1. The lowest BCUT2D eigenvalue weighted by Crippen LogP contribution is -2.43. The van der Waals surface area contributed by atoms with Crippen LogP contribution >= 0.6 is 0 Å². The molecule has 0 aromatic rings. The summed E-state index contributed by atoms with van der Waals surface area (Å²) in [5, 5.41) is 3.84. The van der Waals surface area contributed by atoms with Crippen LogP contribution in [0.4, 0.5) is 4.79 Å². The summed E-state index contributed by atoms with van der Waals surface area (Å²) in [6.07, 6.45) is 6.51. The van der Waals surface area contributed by atoms with Gasteiger partial charge in [0.25, 0.3) is 0 Å². The maximum atomic E-state index is 12.1. The number of amides is 1. The first-order valence-corrected chi connectivity index (χ1v) is 8.16. The molecule has 1 N–H and O–H groups in total. The molecule has 0 radical (unpaired) electrons. The molecule has 3 aliphatic rings. The summed E-state index contributed by atoms with van der Waals surface area (Å²) in [6, 6.07) is 1.19. The summed E-state index contributed by atoms with van der Waals surface area (Å²) in [5.74, 6) is 1.83. The van der Waals surface area contributed by atoms with Gasteiger partial charge in [0.2, 0.25) is 0 Å². The molecule has 2 saturated carbocycles. The first-order chi connectivity index (χ1) is 9.42. The number of carbonyl (C=O) groups excluding carboxylic acids is 1. The van der Waals surface area contributed by atoms with Crippen LogP contribution in [0.25, 0.3) is 0 Å². The van der Waals surface area contributed by atoms with E-state index in [-0.39, 0.29) is 6.09 Å². The lowest BCUT2D eigenvalue weighted by atomic mass is 10.1. The molecule has 3 fully saturated rings. The molecule has 1 aliphatic heterocycles. The van der Waals surface area contributed by atoms with E-state index in [0.29, 0.717) is 6.04 Å². The summed E-state index contributed by atoms with van der Waals surface area (Å²) >= 11 is 0. The standard InChI is InChI=1S/C16H28N2O2/c1-16(2,3)20-15(19)18-9-8-13(10-18)17-14(11-4-5-11)12-6-7-12/h11-14,17H,4-10H2,1-3H3/t13-/m0/s1. The molecule has 4 nitrogen and oxygen atoms in total. The van der Waals surface area contributed by atoms with E-state index < -0.39 is 5.60 Å². The molecule has 0 spiro atoms. The number of rotatable bonds is 4. The monoisotopic (exact) mass is 280 g/mol. The van der Waals surface area contributed by atoms with Gasteiger partial charge in [0.15, 0.2) is 0 Å². The van der Waals surface area contributed by atoms with Crippen molar-refractivity contribution < 1.29 is 9.53 Å². The molecular formula is C16H28N2O2. The predicted octanol–water partition coefficient (Wildman–Crippen LogP) is 2.77. The van der Waals surface area contributed by atoms with Gasteiger partial charge in [-0.05, 0) is 64.7 Å². The smallest absolute Gasteiger partial charge is 0.410 e. The zero-order valence-electron chi connectivity index (χ0n) is 13.0. The van der Waals surface area contributed by atoms with Crippen molar-refractivity contribution in [1.29, 1.82) is 0 Å². The second kappa shape index (κ2) is 5.21. The summed E-state index contributed by atoms with van der Waals surface area (Å²) in [6.45, 7) is 7.41. The average molecular weight is 280 g/mol. The third-order valence-corrected chi connectivity index (χ3v) is 4.53. The molecule has 20 heavy (non-hydrogen) atoms. The highest BCUT2D eigenvalue weighted by molar-refractivity contribution is 5.68. The molecule has 0 bridgehead atoms. The van der Waals surface area contributed by atoms with Crippen LogP contribution in [0.2, 0.25) is 0 Å². The van der Waals surface area contributed by atoms with Crippen molar-refractivity contribution in [3.63, 3.8) is 0 Å². The first-order valence-electron chi connectivity index (χ1n) is 8.16. The zero-order valence-corrected chi connectivity index (χ0v) is 13.0. The number of likely N-dealkylation sites (tertiary alicyclic amines) is 1. The van der Waals surface area contributed by atoms with E-state index in [4.69, 9.17) is 4.74 Å². The van der Waals surface area contributed by atoms with Gasteiger partial charge in [-0.15, -0.1) is 0 Å². The van der Waals surface area contributed by atoms with Crippen molar-refractivity contribution in [3.8, 4) is 0 Å².